The van der Waals surface area contributed by atoms with E-state index in [-0.39, 0.29) is 10.9 Å². The SMILES string of the molecule is Cc1c(CN2CCC(Nc3ncnc4sc(CC(F)(F)F)cc34)CC2)ccc2c1cc(C)n2CCc1cn[nH]c1. The van der Waals surface area contributed by atoms with Crippen LogP contribution in [0.1, 0.15) is 40.1 Å². The molecule has 210 valence electrons. The Kier molecular flexibility index (Phi) is 7.26. The summed E-state index contributed by atoms with van der Waals surface area (Å²) in [5.41, 5.74) is 6.42. The number of likely N-dealkylation sites (tertiary alicyclic amines) is 1. The number of anilines is 1. The number of aryl methyl sites for hydroxylation is 4. The number of nitrogens with one attached hydrogen (secondary N) is 2. The van der Waals surface area contributed by atoms with Crippen LogP contribution in [0, 0.1) is 13.8 Å². The number of halogens is 3. The zero-order chi connectivity index (χ0) is 27.9. The van der Waals surface area contributed by atoms with Gasteiger partial charge in [-0.05, 0) is 68.0 Å². The zero-order valence-electron chi connectivity index (χ0n) is 22.6. The molecule has 0 amide bonds. The molecule has 1 fully saturated rings. The van der Waals surface area contributed by atoms with Gasteiger partial charge in [-0.1, -0.05) is 6.07 Å². The first kappa shape index (κ1) is 26.8. The lowest BCUT2D eigenvalue weighted by molar-refractivity contribution is -0.126. The third kappa shape index (κ3) is 5.71. The summed E-state index contributed by atoms with van der Waals surface area (Å²) in [5.74, 6) is 0.627. The van der Waals surface area contributed by atoms with Gasteiger partial charge in [-0.15, -0.1) is 11.3 Å². The van der Waals surface area contributed by atoms with E-state index >= 15 is 0 Å². The van der Waals surface area contributed by atoms with Crippen molar-refractivity contribution in [2.75, 3.05) is 18.4 Å². The predicted molar refractivity (Wildman–Crippen MR) is 153 cm³/mol. The van der Waals surface area contributed by atoms with E-state index in [0.29, 0.717) is 16.0 Å². The van der Waals surface area contributed by atoms with Gasteiger partial charge in [-0.2, -0.15) is 18.3 Å². The Morgan fingerprint density at radius 1 is 1.10 bits per heavy atom. The van der Waals surface area contributed by atoms with Crippen molar-refractivity contribution < 1.29 is 13.2 Å². The fourth-order valence-electron chi connectivity index (χ4n) is 5.75. The van der Waals surface area contributed by atoms with Crippen molar-refractivity contribution in [3.05, 3.63) is 70.2 Å². The van der Waals surface area contributed by atoms with Gasteiger partial charge < -0.3 is 9.88 Å². The number of benzene rings is 1. The van der Waals surface area contributed by atoms with E-state index in [1.807, 2.05) is 12.4 Å². The number of hydrogen-bond donors (Lipinski definition) is 2. The van der Waals surface area contributed by atoms with Crippen LogP contribution in [0.15, 0.2) is 43.0 Å². The number of nitrogens with zero attached hydrogens (tertiary/aromatic N) is 5. The molecule has 40 heavy (non-hydrogen) atoms. The van der Waals surface area contributed by atoms with E-state index in [1.165, 1.54) is 39.6 Å². The summed E-state index contributed by atoms with van der Waals surface area (Å²) in [7, 11) is 0. The molecule has 0 aliphatic carbocycles. The van der Waals surface area contributed by atoms with Crippen molar-refractivity contribution >= 4 is 38.3 Å². The highest BCUT2D eigenvalue weighted by Gasteiger charge is 2.29. The fraction of sp³-hybridized carbons (Fsp3) is 0.414. The molecule has 0 atom stereocenters. The number of aromatic amines is 1. The molecule has 1 aliphatic heterocycles. The molecule has 1 saturated heterocycles. The van der Waals surface area contributed by atoms with Crippen molar-refractivity contribution in [3.8, 4) is 0 Å². The minimum atomic E-state index is -4.24. The highest BCUT2D eigenvalue weighted by atomic mass is 32.1. The third-order valence-corrected chi connectivity index (χ3v) is 8.97. The Bertz CT molecular complexity index is 1610. The van der Waals surface area contributed by atoms with E-state index in [4.69, 9.17) is 0 Å². The molecule has 0 spiro atoms. The quantitative estimate of drug-likeness (QED) is 0.227. The molecular formula is C29H32F3N7S. The van der Waals surface area contributed by atoms with E-state index in [0.717, 1.165) is 56.8 Å². The highest BCUT2D eigenvalue weighted by molar-refractivity contribution is 7.18. The van der Waals surface area contributed by atoms with Crippen molar-refractivity contribution in [2.24, 2.45) is 0 Å². The molecule has 1 aromatic carbocycles. The summed E-state index contributed by atoms with van der Waals surface area (Å²) in [5, 5.41) is 12.4. The summed E-state index contributed by atoms with van der Waals surface area (Å²) in [6.07, 6.45) is 2.91. The average Bonchev–Trinajstić information content (AvgIpc) is 3.64. The third-order valence-electron chi connectivity index (χ3n) is 7.93. The van der Waals surface area contributed by atoms with Crippen LogP contribution in [-0.4, -0.2) is 54.9 Å². The summed E-state index contributed by atoms with van der Waals surface area (Å²) in [6.45, 7) is 8.10. The van der Waals surface area contributed by atoms with Gasteiger partial charge in [0, 0.05) is 59.9 Å². The standard InChI is InChI=1S/C29H32F3N7S/c1-18-11-24-19(2)21(3-4-26(24)39(18)10-5-20-14-35-36-15-20)16-38-8-6-22(7-9-38)37-27-25-12-23(13-29(30,31)32)40-28(25)34-17-33-27/h3-4,11-12,14-15,17,22H,5-10,13,16H2,1-2H3,(H,35,36)(H,33,34,37). The van der Waals surface area contributed by atoms with Crippen molar-refractivity contribution in [3.63, 3.8) is 0 Å². The zero-order valence-corrected chi connectivity index (χ0v) is 23.4. The number of rotatable bonds is 8. The van der Waals surface area contributed by atoms with Gasteiger partial charge in [0.2, 0.25) is 0 Å². The van der Waals surface area contributed by atoms with E-state index in [2.05, 4.69) is 67.0 Å². The number of H-pyrrole nitrogens is 1. The van der Waals surface area contributed by atoms with Crippen molar-refractivity contribution in [1.82, 2.24) is 29.6 Å². The second-order valence-corrected chi connectivity index (χ2v) is 11.8. The number of thiophene rings is 1. The molecular weight excluding hydrogens is 535 g/mol. The normalized spacial score (nSPS) is 15.4. The van der Waals surface area contributed by atoms with Gasteiger partial charge in [-0.25, -0.2) is 9.97 Å². The Labute approximate surface area is 234 Å². The topological polar surface area (TPSA) is 74.7 Å². The lowest BCUT2D eigenvalue weighted by Crippen LogP contribution is -2.39. The van der Waals surface area contributed by atoms with E-state index < -0.39 is 12.6 Å². The summed E-state index contributed by atoms with van der Waals surface area (Å²) in [6, 6.07) is 8.62. The second kappa shape index (κ2) is 10.9. The van der Waals surface area contributed by atoms with Crippen LogP contribution in [0.5, 0.6) is 0 Å². The van der Waals surface area contributed by atoms with Crippen molar-refractivity contribution in [1.29, 1.82) is 0 Å². The minimum Gasteiger partial charge on any atom is -0.367 e. The van der Waals surface area contributed by atoms with Crippen LogP contribution in [-0.2, 0) is 25.9 Å². The lowest BCUT2D eigenvalue weighted by atomic mass is 10.0. The monoisotopic (exact) mass is 567 g/mol. The van der Waals surface area contributed by atoms with Crippen LogP contribution in [0.4, 0.5) is 19.0 Å². The molecule has 7 nitrogen and oxygen atoms in total. The molecule has 0 unspecified atom stereocenters. The fourth-order valence-corrected chi connectivity index (χ4v) is 6.78. The lowest BCUT2D eigenvalue weighted by Gasteiger charge is -2.33. The molecule has 1 aliphatic rings. The summed E-state index contributed by atoms with van der Waals surface area (Å²) < 4.78 is 41.0. The smallest absolute Gasteiger partial charge is 0.367 e. The van der Waals surface area contributed by atoms with Gasteiger partial charge in [0.25, 0.3) is 0 Å². The maximum Gasteiger partial charge on any atom is 0.393 e. The van der Waals surface area contributed by atoms with Crippen LogP contribution >= 0.6 is 11.3 Å². The Morgan fingerprint density at radius 3 is 2.67 bits per heavy atom. The molecule has 5 heterocycles. The first-order chi connectivity index (χ1) is 19.2. The molecule has 6 rings (SSSR count). The molecule has 0 bridgehead atoms. The Hall–Kier alpha value is -3.44. The molecule has 2 N–H and O–H groups in total. The van der Waals surface area contributed by atoms with Gasteiger partial charge in [-0.3, -0.25) is 10.00 Å². The summed E-state index contributed by atoms with van der Waals surface area (Å²) >= 11 is 1.08. The summed E-state index contributed by atoms with van der Waals surface area (Å²) in [4.78, 5) is 11.9. The first-order valence-electron chi connectivity index (χ1n) is 13.6. The number of piperidine rings is 1. The van der Waals surface area contributed by atoms with Crippen LogP contribution < -0.4 is 5.32 Å². The van der Waals surface area contributed by atoms with Gasteiger partial charge in [0.05, 0.1) is 18.0 Å². The van der Waals surface area contributed by atoms with Gasteiger partial charge in [0.15, 0.2) is 0 Å². The Morgan fingerprint density at radius 2 is 1.93 bits per heavy atom. The highest BCUT2D eigenvalue weighted by Crippen LogP contribution is 2.33. The van der Waals surface area contributed by atoms with Crippen LogP contribution in [0.25, 0.3) is 21.1 Å². The second-order valence-electron chi connectivity index (χ2n) is 10.7. The minimum absolute atomic E-state index is 0.218. The van der Waals surface area contributed by atoms with Gasteiger partial charge in [0.1, 0.15) is 17.0 Å². The Balaban J connectivity index is 1.09. The maximum absolute atomic E-state index is 12.9. The molecule has 0 radical (unpaired) electrons. The van der Waals surface area contributed by atoms with Gasteiger partial charge >= 0.3 is 6.18 Å². The van der Waals surface area contributed by atoms with E-state index in [9.17, 15) is 13.2 Å². The van der Waals surface area contributed by atoms with Crippen LogP contribution in [0.2, 0.25) is 0 Å². The van der Waals surface area contributed by atoms with E-state index in [1.54, 1.807) is 6.07 Å². The average molecular weight is 568 g/mol. The van der Waals surface area contributed by atoms with Crippen LogP contribution in [0.3, 0.4) is 0 Å². The molecule has 0 saturated carbocycles. The molecule has 4 aromatic heterocycles. The van der Waals surface area contributed by atoms with Crippen molar-refractivity contribution in [2.45, 2.75) is 64.8 Å². The molecule has 11 heteroatoms. The predicted octanol–water partition coefficient (Wildman–Crippen LogP) is 6.41. The molecule has 5 aromatic rings. The largest absolute Gasteiger partial charge is 0.393 e. The number of fused-ring (bicyclic) bond motifs is 2. The first-order valence-corrected chi connectivity index (χ1v) is 14.4. The number of hydrogen-bond acceptors (Lipinski definition) is 6. The number of alkyl halides is 3. The maximum atomic E-state index is 12.9. The number of aromatic nitrogens is 5.